The lowest BCUT2D eigenvalue weighted by Gasteiger charge is -2.30. The number of pyridine rings is 1. The van der Waals surface area contributed by atoms with E-state index in [1.165, 1.54) is 0 Å². The van der Waals surface area contributed by atoms with Crippen molar-refractivity contribution in [2.24, 2.45) is 5.92 Å². The zero-order valence-corrected chi connectivity index (χ0v) is 14.1. The molecule has 1 fully saturated rings. The van der Waals surface area contributed by atoms with E-state index < -0.39 is 0 Å². The van der Waals surface area contributed by atoms with Crippen molar-refractivity contribution < 1.29 is 4.79 Å². The highest BCUT2D eigenvalue weighted by molar-refractivity contribution is 5.81. The number of anilines is 1. The quantitative estimate of drug-likeness (QED) is 0.863. The number of hydrogen-bond acceptors (Lipinski definition) is 5. The van der Waals surface area contributed by atoms with Gasteiger partial charge in [0.05, 0.1) is 12.2 Å². The molecule has 3 heterocycles. The zero-order valence-electron chi connectivity index (χ0n) is 14.1. The molecule has 1 amide bonds. The van der Waals surface area contributed by atoms with Crippen molar-refractivity contribution >= 4 is 11.7 Å². The van der Waals surface area contributed by atoms with Gasteiger partial charge in [0.1, 0.15) is 5.82 Å². The van der Waals surface area contributed by atoms with Crippen LogP contribution in [0.5, 0.6) is 0 Å². The summed E-state index contributed by atoms with van der Waals surface area (Å²) in [6.07, 6.45) is 6.39. The van der Waals surface area contributed by atoms with Crippen LogP contribution in [0.15, 0.2) is 24.5 Å². The van der Waals surface area contributed by atoms with Crippen molar-refractivity contribution in [2.45, 2.75) is 25.8 Å². The smallest absolute Gasteiger partial charge is 0.226 e. The molecule has 2 aliphatic rings. The Bertz CT molecular complexity index is 770. The fraction of sp³-hybridized carbons (Fsp3) is 0.444. The molecule has 0 atom stereocenters. The summed E-state index contributed by atoms with van der Waals surface area (Å²) in [5, 5.41) is 0. The monoisotopic (exact) mass is 323 g/mol. The number of rotatable bonds is 3. The summed E-state index contributed by atoms with van der Waals surface area (Å²) in [6, 6.07) is 3.83. The molecule has 0 aromatic carbocycles. The fourth-order valence-electron chi connectivity index (χ4n) is 3.19. The summed E-state index contributed by atoms with van der Waals surface area (Å²) in [5.74, 6) is 2.18. The van der Waals surface area contributed by atoms with Gasteiger partial charge in [-0.2, -0.15) is 0 Å². The standard InChI is InChI=1S/C18H21N5O/c1-22(2)17-14-7-10-23(18(24)13-3-4-13)11-15(14)20-16(21-17)12-5-8-19-9-6-12/h5-6,8-9,13H,3-4,7,10-11H2,1-2H3. The lowest BCUT2D eigenvalue weighted by Crippen LogP contribution is -2.38. The van der Waals surface area contributed by atoms with E-state index in [1.54, 1.807) is 12.4 Å². The van der Waals surface area contributed by atoms with Crippen LogP contribution in [0.2, 0.25) is 0 Å². The molecule has 124 valence electrons. The van der Waals surface area contributed by atoms with E-state index in [1.807, 2.05) is 36.0 Å². The van der Waals surface area contributed by atoms with Crippen molar-refractivity contribution in [3.05, 3.63) is 35.8 Å². The molecule has 24 heavy (non-hydrogen) atoms. The Morgan fingerprint density at radius 1 is 1.21 bits per heavy atom. The van der Waals surface area contributed by atoms with E-state index in [2.05, 4.69) is 4.98 Å². The van der Waals surface area contributed by atoms with Gasteiger partial charge in [-0.3, -0.25) is 9.78 Å². The fourth-order valence-corrected chi connectivity index (χ4v) is 3.19. The number of hydrogen-bond donors (Lipinski definition) is 0. The predicted molar refractivity (Wildman–Crippen MR) is 91.4 cm³/mol. The van der Waals surface area contributed by atoms with Crippen LogP contribution >= 0.6 is 0 Å². The first-order valence-corrected chi connectivity index (χ1v) is 8.40. The van der Waals surface area contributed by atoms with Crippen LogP contribution in [0.1, 0.15) is 24.1 Å². The molecule has 1 aliphatic heterocycles. The summed E-state index contributed by atoms with van der Waals surface area (Å²) in [4.78, 5) is 30.0. The number of carbonyl (C=O) groups excluding carboxylic acids is 1. The van der Waals surface area contributed by atoms with Crippen molar-refractivity contribution in [2.75, 3.05) is 25.5 Å². The van der Waals surface area contributed by atoms with Gasteiger partial charge in [0, 0.05) is 50.1 Å². The molecule has 0 unspecified atom stereocenters. The maximum Gasteiger partial charge on any atom is 0.226 e. The van der Waals surface area contributed by atoms with E-state index in [-0.39, 0.29) is 11.8 Å². The third kappa shape index (κ3) is 2.72. The molecule has 6 heteroatoms. The number of fused-ring (bicyclic) bond motifs is 1. The Morgan fingerprint density at radius 3 is 2.62 bits per heavy atom. The molecule has 0 saturated heterocycles. The molecule has 1 aliphatic carbocycles. The number of carbonyl (C=O) groups is 1. The van der Waals surface area contributed by atoms with Gasteiger partial charge in [-0.15, -0.1) is 0 Å². The van der Waals surface area contributed by atoms with Crippen LogP contribution in [-0.4, -0.2) is 46.4 Å². The summed E-state index contributed by atoms with van der Waals surface area (Å²) < 4.78 is 0. The Hall–Kier alpha value is -2.50. The first-order valence-electron chi connectivity index (χ1n) is 8.40. The third-order valence-corrected chi connectivity index (χ3v) is 4.64. The molecule has 1 saturated carbocycles. The Kier molecular flexibility index (Phi) is 3.67. The summed E-state index contributed by atoms with van der Waals surface area (Å²) in [7, 11) is 4.00. The highest BCUT2D eigenvalue weighted by Gasteiger charge is 2.35. The highest BCUT2D eigenvalue weighted by Crippen LogP contribution is 2.34. The minimum Gasteiger partial charge on any atom is -0.362 e. The molecular formula is C18H21N5O. The summed E-state index contributed by atoms with van der Waals surface area (Å²) in [5.41, 5.74) is 3.08. The first kappa shape index (κ1) is 15.1. The van der Waals surface area contributed by atoms with E-state index >= 15 is 0 Å². The minimum absolute atomic E-state index is 0.251. The van der Waals surface area contributed by atoms with Crippen molar-refractivity contribution in [1.29, 1.82) is 0 Å². The molecule has 2 aromatic heterocycles. The van der Waals surface area contributed by atoms with Crippen LogP contribution in [0.4, 0.5) is 5.82 Å². The van der Waals surface area contributed by atoms with Gasteiger partial charge >= 0.3 is 0 Å². The average molecular weight is 323 g/mol. The molecule has 0 N–H and O–H groups in total. The van der Waals surface area contributed by atoms with Crippen LogP contribution in [0, 0.1) is 5.92 Å². The van der Waals surface area contributed by atoms with Gasteiger partial charge < -0.3 is 9.80 Å². The molecule has 6 nitrogen and oxygen atoms in total. The molecule has 0 bridgehead atoms. The van der Waals surface area contributed by atoms with Gasteiger partial charge in [-0.25, -0.2) is 9.97 Å². The maximum atomic E-state index is 12.4. The molecule has 2 aromatic rings. The molecule has 0 radical (unpaired) electrons. The first-order chi connectivity index (χ1) is 11.6. The lowest BCUT2D eigenvalue weighted by atomic mass is 10.0. The maximum absolute atomic E-state index is 12.4. The third-order valence-electron chi connectivity index (χ3n) is 4.64. The Balaban J connectivity index is 1.73. The molecule has 4 rings (SSSR count). The van der Waals surface area contributed by atoms with Gasteiger partial charge in [0.2, 0.25) is 5.91 Å². The van der Waals surface area contributed by atoms with Gasteiger partial charge in [0.25, 0.3) is 0 Å². The second-order valence-electron chi connectivity index (χ2n) is 6.71. The van der Waals surface area contributed by atoms with E-state index in [0.717, 1.165) is 48.4 Å². The van der Waals surface area contributed by atoms with Crippen LogP contribution < -0.4 is 4.90 Å². The van der Waals surface area contributed by atoms with Gasteiger partial charge in [-0.1, -0.05) is 0 Å². The highest BCUT2D eigenvalue weighted by atomic mass is 16.2. The van der Waals surface area contributed by atoms with Crippen molar-refractivity contribution in [3.8, 4) is 11.4 Å². The number of nitrogens with zero attached hydrogens (tertiary/aromatic N) is 5. The van der Waals surface area contributed by atoms with Gasteiger partial charge in [0.15, 0.2) is 5.82 Å². The van der Waals surface area contributed by atoms with Crippen LogP contribution in [0.3, 0.4) is 0 Å². The van der Waals surface area contributed by atoms with E-state index in [4.69, 9.17) is 9.97 Å². The predicted octanol–water partition coefficient (Wildman–Crippen LogP) is 1.90. The Labute approximate surface area is 141 Å². The topological polar surface area (TPSA) is 62.2 Å². The summed E-state index contributed by atoms with van der Waals surface area (Å²) >= 11 is 0. The van der Waals surface area contributed by atoms with Gasteiger partial charge in [-0.05, 0) is 31.4 Å². The SMILES string of the molecule is CN(C)c1nc(-c2ccncc2)nc2c1CCN(C(=O)C1CC1)C2. The van der Waals surface area contributed by atoms with Crippen LogP contribution in [-0.2, 0) is 17.8 Å². The number of aromatic nitrogens is 3. The Morgan fingerprint density at radius 2 is 1.96 bits per heavy atom. The van der Waals surface area contributed by atoms with Crippen molar-refractivity contribution in [3.63, 3.8) is 0 Å². The number of amides is 1. The second kappa shape index (κ2) is 5.85. The largest absolute Gasteiger partial charge is 0.362 e. The summed E-state index contributed by atoms with van der Waals surface area (Å²) in [6.45, 7) is 1.35. The molecule has 0 spiro atoms. The normalized spacial score (nSPS) is 16.7. The second-order valence-corrected chi connectivity index (χ2v) is 6.71. The average Bonchev–Trinajstić information content (AvgIpc) is 3.45. The zero-order chi connectivity index (χ0) is 16.7. The lowest BCUT2D eigenvalue weighted by molar-refractivity contribution is -0.133. The molecular weight excluding hydrogens is 302 g/mol. The van der Waals surface area contributed by atoms with E-state index in [9.17, 15) is 4.79 Å². The van der Waals surface area contributed by atoms with Crippen molar-refractivity contribution in [1.82, 2.24) is 19.9 Å². The van der Waals surface area contributed by atoms with E-state index in [0.29, 0.717) is 12.4 Å². The van der Waals surface area contributed by atoms with Crippen LogP contribution in [0.25, 0.3) is 11.4 Å². The minimum atomic E-state index is 0.251.